The minimum Gasteiger partial charge on any atom is -0.460 e. The van der Waals surface area contributed by atoms with Gasteiger partial charge in [-0.15, -0.1) is 0 Å². The lowest BCUT2D eigenvalue weighted by Gasteiger charge is -2.07. The number of furan rings is 1. The minimum absolute atomic E-state index is 0.0881. The van der Waals surface area contributed by atoms with Crippen molar-refractivity contribution < 1.29 is 17.6 Å². The fourth-order valence-corrected chi connectivity index (χ4v) is 2.17. The van der Waals surface area contributed by atoms with Crippen LogP contribution >= 0.6 is 31.9 Å². The molecule has 0 aliphatic carbocycles. The first kappa shape index (κ1) is 12.0. The molecule has 16 heavy (non-hydrogen) atoms. The first-order chi connectivity index (χ1) is 7.41. The van der Waals surface area contributed by atoms with Crippen LogP contribution < -0.4 is 0 Å². The van der Waals surface area contributed by atoms with E-state index in [4.69, 9.17) is 4.42 Å². The second-order valence-electron chi connectivity index (χ2n) is 3.21. The second-order valence-corrected chi connectivity index (χ2v) is 4.69. The van der Waals surface area contributed by atoms with E-state index in [1.165, 1.54) is 12.1 Å². The summed E-state index contributed by atoms with van der Waals surface area (Å²) in [6.07, 6.45) is -4.38. The van der Waals surface area contributed by atoms with Crippen LogP contribution in [0.2, 0.25) is 0 Å². The predicted molar refractivity (Wildman–Crippen MR) is 61.5 cm³/mol. The molecule has 0 aliphatic rings. The predicted octanol–water partition coefficient (Wildman–Crippen LogP) is 5.11. The number of hydrogen-bond acceptors (Lipinski definition) is 1. The topological polar surface area (TPSA) is 13.1 Å². The Kier molecular flexibility index (Phi) is 3.05. The highest BCUT2D eigenvalue weighted by Gasteiger charge is 2.33. The summed E-state index contributed by atoms with van der Waals surface area (Å²) in [6, 6.07) is 3.98. The third-order valence-electron chi connectivity index (χ3n) is 2.09. The van der Waals surface area contributed by atoms with Crippen LogP contribution in [0, 0.1) is 0 Å². The lowest BCUT2D eigenvalue weighted by atomic mass is 10.1. The van der Waals surface area contributed by atoms with Crippen LogP contribution in [0.1, 0.15) is 11.3 Å². The van der Waals surface area contributed by atoms with Crippen molar-refractivity contribution in [2.24, 2.45) is 0 Å². The summed E-state index contributed by atoms with van der Waals surface area (Å²) < 4.78 is 43.8. The first-order valence-corrected chi connectivity index (χ1v) is 6.18. The van der Waals surface area contributed by atoms with Gasteiger partial charge in [0.1, 0.15) is 11.3 Å². The molecule has 0 N–H and O–H groups in total. The Hall–Kier alpha value is -0.490. The fourth-order valence-electron chi connectivity index (χ4n) is 1.46. The van der Waals surface area contributed by atoms with Gasteiger partial charge in [0, 0.05) is 9.86 Å². The zero-order valence-electron chi connectivity index (χ0n) is 7.74. The van der Waals surface area contributed by atoms with E-state index < -0.39 is 11.7 Å². The molecule has 0 atom stereocenters. The van der Waals surface area contributed by atoms with Gasteiger partial charge in [0.25, 0.3) is 0 Å². The molecule has 0 aliphatic heterocycles. The highest BCUT2D eigenvalue weighted by Crippen LogP contribution is 2.38. The largest absolute Gasteiger partial charge is 0.460 e. The summed E-state index contributed by atoms with van der Waals surface area (Å²) in [4.78, 5) is 0. The molecular weight excluding hydrogens is 353 g/mol. The van der Waals surface area contributed by atoms with Crippen LogP contribution in [0.15, 0.2) is 27.1 Å². The van der Waals surface area contributed by atoms with Crippen molar-refractivity contribution in [1.29, 1.82) is 0 Å². The summed E-state index contributed by atoms with van der Waals surface area (Å²) in [6.45, 7) is 0. The van der Waals surface area contributed by atoms with Crippen LogP contribution in [0.3, 0.4) is 0 Å². The van der Waals surface area contributed by atoms with Gasteiger partial charge in [0.05, 0.1) is 10.9 Å². The molecule has 0 saturated heterocycles. The molecule has 0 fully saturated rings. The van der Waals surface area contributed by atoms with Gasteiger partial charge < -0.3 is 4.42 Å². The highest BCUT2D eigenvalue weighted by atomic mass is 79.9. The van der Waals surface area contributed by atoms with Crippen LogP contribution in [0.4, 0.5) is 13.2 Å². The highest BCUT2D eigenvalue weighted by molar-refractivity contribution is 9.10. The van der Waals surface area contributed by atoms with Crippen LogP contribution in [-0.2, 0) is 11.5 Å². The van der Waals surface area contributed by atoms with E-state index in [2.05, 4.69) is 31.9 Å². The number of alkyl halides is 4. The van der Waals surface area contributed by atoms with Crippen molar-refractivity contribution >= 4 is 42.8 Å². The normalized spacial score (nSPS) is 12.3. The second kappa shape index (κ2) is 4.07. The molecule has 2 rings (SSSR count). The molecule has 0 saturated carbocycles. The number of fused-ring (bicyclic) bond motifs is 1. The van der Waals surface area contributed by atoms with E-state index in [0.29, 0.717) is 15.6 Å². The number of halogens is 5. The van der Waals surface area contributed by atoms with Crippen molar-refractivity contribution in [3.8, 4) is 0 Å². The van der Waals surface area contributed by atoms with Gasteiger partial charge in [0.15, 0.2) is 0 Å². The molecule has 0 amide bonds. The zero-order chi connectivity index (χ0) is 11.9. The minimum atomic E-state index is -4.38. The van der Waals surface area contributed by atoms with Gasteiger partial charge >= 0.3 is 6.18 Å². The molecule has 86 valence electrons. The maximum atomic E-state index is 12.7. The third kappa shape index (κ3) is 2.13. The lowest BCUT2D eigenvalue weighted by molar-refractivity contribution is -0.136. The van der Waals surface area contributed by atoms with E-state index in [1.807, 2.05) is 0 Å². The molecule has 1 aromatic heterocycles. The van der Waals surface area contributed by atoms with Crippen molar-refractivity contribution in [1.82, 2.24) is 0 Å². The molecule has 0 unspecified atom stereocenters. The van der Waals surface area contributed by atoms with E-state index in [9.17, 15) is 13.2 Å². The monoisotopic (exact) mass is 356 g/mol. The smallest absolute Gasteiger partial charge is 0.417 e. The van der Waals surface area contributed by atoms with Crippen molar-refractivity contribution in [2.75, 3.05) is 0 Å². The average molecular weight is 358 g/mol. The van der Waals surface area contributed by atoms with Gasteiger partial charge in [0.2, 0.25) is 0 Å². The number of hydrogen-bond donors (Lipinski definition) is 0. The molecule has 1 aromatic carbocycles. The van der Waals surface area contributed by atoms with Crippen molar-refractivity contribution in [3.05, 3.63) is 34.0 Å². The standard InChI is InChI=1S/C10H5Br2F3O/c11-4-6-3-7-8(10(13,14)15)1-5(12)2-9(7)16-6/h1-3H,4H2. The van der Waals surface area contributed by atoms with Gasteiger partial charge in [-0.2, -0.15) is 13.2 Å². The van der Waals surface area contributed by atoms with E-state index in [1.54, 1.807) is 0 Å². The van der Waals surface area contributed by atoms with Gasteiger partial charge in [-0.1, -0.05) is 31.9 Å². The fraction of sp³-hybridized carbons (Fsp3) is 0.200. The summed E-state index contributed by atoms with van der Waals surface area (Å²) >= 11 is 6.18. The maximum absolute atomic E-state index is 12.7. The Labute approximate surface area is 106 Å². The Morgan fingerprint density at radius 1 is 1.19 bits per heavy atom. The Balaban J connectivity index is 2.76. The van der Waals surface area contributed by atoms with E-state index in [-0.39, 0.29) is 11.0 Å². The summed E-state index contributed by atoms with van der Waals surface area (Å²) in [5, 5.41) is 0.474. The van der Waals surface area contributed by atoms with Gasteiger partial charge in [-0.05, 0) is 18.2 Å². The number of rotatable bonds is 1. The lowest BCUT2D eigenvalue weighted by Crippen LogP contribution is -2.05. The van der Waals surface area contributed by atoms with Crippen LogP contribution in [-0.4, -0.2) is 0 Å². The zero-order valence-corrected chi connectivity index (χ0v) is 10.9. The van der Waals surface area contributed by atoms with Crippen LogP contribution in [0.5, 0.6) is 0 Å². The molecule has 0 spiro atoms. The Morgan fingerprint density at radius 3 is 2.44 bits per heavy atom. The Morgan fingerprint density at radius 2 is 1.88 bits per heavy atom. The average Bonchev–Trinajstić information content (AvgIpc) is 2.57. The molecule has 1 heterocycles. The van der Waals surface area contributed by atoms with E-state index in [0.717, 1.165) is 6.07 Å². The molecule has 0 radical (unpaired) electrons. The molecule has 0 bridgehead atoms. The quantitative estimate of drug-likeness (QED) is 0.646. The summed E-state index contributed by atoms with van der Waals surface area (Å²) in [5.74, 6) is 0.471. The van der Waals surface area contributed by atoms with E-state index >= 15 is 0 Å². The molecular formula is C10H5Br2F3O. The summed E-state index contributed by atoms with van der Waals surface area (Å²) in [7, 11) is 0. The maximum Gasteiger partial charge on any atom is 0.417 e. The SMILES string of the molecule is FC(F)(F)c1cc(Br)cc2oc(CBr)cc12. The van der Waals surface area contributed by atoms with Crippen molar-refractivity contribution in [2.45, 2.75) is 11.5 Å². The van der Waals surface area contributed by atoms with Crippen LogP contribution in [0.25, 0.3) is 11.0 Å². The van der Waals surface area contributed by atoms with Crippen molar-refractivity contribution in [3.63, 3.8) is 0 Å². The molecule has 1 nitrogen and oxygen atoms in total. The molecule has 2 aromatic rings. The van der Waals surface area contributed by atoms with Gasteiger partial charge in [-0.3, -0.25) is 0 Å². The third-order valence-corrected chi connectivity index (χ3v) is 3.10. The number of benzene rings is 1. The Bertz CT molecular complexity index is 531. The molecule has 6 heteroatoms. The van der Waals surface area contributed by atoms with Gasteiger partial charge in [-0.25, -0.2) is 0 Å². The first-order valence-electron chi connectivity index (χ1n) is 4.27. The summed E-state index contributed by atoms with van der Waals surface area (Å²) in [5.41, 5.74) is -0.455.